The fraction of sp³-hybridized carbons (Fsp3) is 0.154. The zero-order chi connectivity index (χ0) is 13.9. The second-order valence-electron chi connectivity index (χ2n) is 3.95. The number of alkyl halides is 1. The van der Waals surface area contributed by atoms with Gasteiger partial charge in [0.15, 0.2) is 0 Å². The molecule has 0 saturated carbocycles. The van der Waals surface area contributed by atoms with Gasteiger partial charge in [0.25, 0.3) is 0 Å². The monoisotopic (exact) mass is 281 g/mol. The quantitative estimate of drug-likeness (QED) is 0.808. The van der Waals surface area contributed by atoms with Crippen LogP contribution < -0.4 is 4.18 Å². The minimum absolute atomic E-state index is 0.0329. The first-order valence-corrected chi connectivity index (χ1v) is 6.95. The standard InChI is InChI=1S/C13H12FNO3S/c1-10-5-7-12(8-6-10)19(16,17)18-13-4-2-3-11(9-14)15-13/h2-8H,9H2,1H3. The maximum absolute atomic E-state index is 12.4. The first-order chi connectivity index (χ1) is 9.01. The van der Waals surface area contributed by atoms with Crippen molar-refractivity contribution in [1.82, 2.24) is 4.98 Å². The van der Waals surface area contributed by atoms with E-state index in [-0.39, 0.29) is 16.5 Å². The Bertz CT molecular complexity index is 669. The molecule has 0 atom stereocenters. The minimum Gasteiger partial charge on any atom is -0.358 e. The predicted molar refractivity (Wildman–Crippen MR) is 68.0 cm³/mol. The highest BCUT2D eigenvalue weighted by Crippen LogP contribution is 2.17. The van der Waals surface area contributed by atoms with Gasteiger partial charge in [-0.05, 0) is 25.1 Å². The zero-order valence-electron chi connectivity index (χ0n) is 10.2. The van der Waals surface area contributed by atoms with Crippen LogP contribution in [0.25, 0.3) is 0 Å². The molecule has 0 saturated heterocycles. The van der Waals surface area contributed by atoms with Crippen LogP contribution in [-0.4, -0.2) is 13.4 Å². The Labute approximate surface area is 111 Å². The molecule has 1 aromatic carbocycles. The molecule has 0 bridgehead atoms. The third-order valence-corrected chi connectivity index (χ3v) is 3.66. The fourth-order valence-corrected chi connectivity index (χ4v) is 2.33. The summed E-state index contributed by atoms with van der Waals surface area (Å²) in [5.41, 5.74) is 1.06. The van der Waals surface area contributed by atoms with E-state index in [0.717, 1.165) is 5.56 Å². The molecule has 0 aliphatic heterocycles. The largest absolute Gasteiger partial charge is 0.358 e. The van der Waals surface area contributed by atoms with Crippen LogP contribution in [0.1, 0.15) is 11.3 Å². The van der Waals surface area contributed by atoms with Crippen molar-refractivity contribution in [3.63, 3.8) is 0 Å². The maximum Gasteiger partial charge on any atom is 0.340 e. The van der Waals surface area contributed by atoms with Crippen molar-refractivity contribution in [2.45, 2.75) is 18.5 Å². The highest BCUT2D eigenvalue weighted by atomic mass is 32.2. The van der Waals surface area contributed by atoms with E-state index in [4.69, 9.17) is 4.18 Å². The van der Waals surface area contributed by atoms with E-state index in [1.54, 1.807) is 12.1 Å². The van der Waals surface area contributed by atoms with Gasteiger partial charge in [0.1, 0.15) is 11.6 Å². The molecule has 1 aromatic heterocycles. The molecule has 6 heteroatoms. The fourth-order valence-electron chi connectivity index (χ4n) is 1.44. The molecule has 100 valence electrons. The van der Waals surface area contributed by atoms with Crippen LogP contribution in [0.2, 0.25) is 0 Å². The lowest BCUT2D eigenvalue weighted by Gasteiger charge is -2.06. The molecule has 0 aliphatic carbocycles. The second kappa shape index (κ2) is 5.36. The highest BCUT2D eigenvalue weighted by molar-refractivity contribution is 7.87. The topological polar surface area (TPSA) is 56.3 Å². The van der Waals surface area contributed by atoms with Gasteiger partial charge in [0.2, 0.25) is 5.88 Å². The number of aryl methyl sites for hydroxylation is 1. The second-order valence-corrected chi connectivity index (χ2v) is 5.50. The van der Waals surface area contributed by atoms with Crippen LogP contribution >= 0.6 is 0 Å². The zero-order valence-corrected chi connectivity index (χ0v) is 11.0. The SMILES string of the molecule is Cc1ccc(S(=O)(=O)Oc2cccc(CF)n2)cc1. The lowest BCUT2D eigenvalue weighted by molar-refractivity contribution is 0.455. The van der Waals surface area contributed by atoms with Crippen LogP contribution in [0.4, 0.5) is 4.39 Å². The molecule has 0 spiro atoms. The van der Waals surface area contributed by atoms with E-state index >= 15 is 0 Å². The predicted octanol–water partition coefficient (Wildman–Crippen LogP) is 2.63. The third-order valence-electron chi connectivity index (χ3n) is 2.42. The van der Waals surface area contributed by atoms with Gasteiger partial charge < -0.3 is 4.18 Å². The van der Waals surface area contributed by atoms with Crippen molar-refractivity contribution >= 4 is 10.1 Å². The normalized spacial score (nSPS) is 11.3. The summed E-state index contributed by atoms with van der Waals surface area (Å²) in [5.74, 6) is -0.143. The number of halogens is 1. The summed E-state index contributed by atoms with van der Waals surface area (Å²) >= 11 is 0. The molecule has 19 heavy (non-hydrogen) atoms. The van der Waals surface area contributed by atoms with E-state index in [9.17, 15) is 12.8 Å². The summed E-state index contributed by atoms with van der Waals surface area (Å²) in [4.78, 5) is 3.78. The lowest BCUT2D eigenvalue weighted by atomic mass is 10.2. The van der Waals surface area contributed by atoms with Gasteiger partial charge in [0.05, 0.1) is 5.69 Å². The number of hydrogen-bond donors (Lipinski definition) is 0. The van der Waals surface area contributed by atoms with Crippen LogP contribution in [0.5, 0.6) is 5.88 Å². The van der Waals surface area contributed by atoms with Crippen molar-refractivity contribution in [3.05, 3.63) is 53.7 Å². The Kier molecular flexibility index (Phi) is 3.80. The molecular weight excluding hydrogens is 269 g/mol. The number of benzene rings is 1. The number of rotatable bonds is 4. The van der Waals surface area contributed by atoms with E-state index in [1.807, 2.05) is 6.92 Å². The third kappa shape index (κ3) is 3.29. The maximum atomic E-state index is 12.4. The Hall–Kier alpha value is -1.95. The molecule has 1 heterocycles. The Morgan fingerprint density at radius 3 is 2.47 bits per heavy atom. The Morgan fingerprint density at radius 2 is 1.84 bits per heavy atom. The minimum atomic E-state index is -3.94. The average molecular weight is 281 g/mol. The first-order valence-electron chi connectivity index (χ1n) is 5.54. The number of aromatic nitrogens is 1. The van der Waals surface area contributed by atoms with Gasteiger partial charge >= 0.3 is 10.1 Å². The van der Waals surface area contributed by atoms with Crippen molar-refractivity contribution in [2.75, 3.05) is 0 Å². The lowest BCUT2D eigenvalue weighted by Crippen LogP contribution is -2.10. The number of hydrogen-bond acceptors (Lipinski definition) is 4. The summed E-state index contributed by atoms with van der Waals surface area (Å²) in [6.45, 7) is 1.07. The van der Waals surface area contributed by atoms with Gasteiger partial charge in [-0.1, -0.05) is 23.8 Å². The van der Waals surface area contributed by atoms with Gasteiger partial charge in [-0.15, -0.1) is 0 Å². The van der Waals surface area contributed by atoms with Crippen LogP contribution in [0.3, 0.4) is 0 Å². The molecule has 2 aromatic rings. The molecule has 2 rings (SSSR count). The summed E-state index contributed by atoms with van der Waals surface area (Å²) in [7, 11) is -3.94. The first kappa shape index (κ1) is 13.5. The smallest absolute Gasteiger partial charge is 0.340 e. The van der Waals surface area contributed by atoms with Gasteiger partial charge in [-0.25, -0.2) is 9.37 Å². The summed E-state index contributed by atoms with van der Waals surface area (Å²) in [5, 5.41) is 0. The van der Waals surface area contributed by atoms with Crippen LogP contribution in [0, 0.1) is 6.92 Å². The van der Waals surface area contributed by atoms with E-state index in [2.05, 4.69) is 4.98 Å². The number of nitrogens with zero attached hydrogens (tertiary/aromatic N) is 1. The number of pyridine rings is 1. The summed E-state index contributed by atoms with van der Waals surface area (Å²) < 4.78 is 41.2. The van der Waals surface area contributed by atoms with E-state index in [1.165, 1.54) is 30.3 Å². The molecule has 0 radical (unpaired) electrons. The molecule has 0 N–H and O–H groups in total. The van der Waals surface area contributed by atoms with Crippen molar-refractivity contribution in [2.24, 2.45) is 0 Å². The summed E-state index contributed by atoms with van der Waals surface area (Å²) in [6, 6.07) is 10.5. The van der Waals surface area contributed by atoms with Crippen molar-refractivity contribution in [1.29, 1.82) is 0 Å². The molecule has 0 aliphatic rings. The van der Waals surface area contributed by atoms with E-state index in [0.29, 0.717) is 0 Å². The van der Waals surface area contributed by atoms with Crippen molar-refractivity contribution < 1.29 is 17.0 Å². The van der Waals surface area contributed by atoms with E-state index < -0.39 is 16.8 Å². The molecule has 4 nitrogen and oxygen atoms in total. The summed E-state index contributed by atoms with van der Waals surface area (Å²) in [6.07, 6.45) is 0. The highest BCUT2D eigenvalue weighted by Gasteiger charge is 2.17. The van der Waals surface area contributed by atoms with Gasteiger partial charge in [0, 0.05) is 6.07 Å². The Morgan fingerprint density at radius 1 is 1.16 bits per heavy atom. The molecular formula is C13H12FNO3S. The van der Waals surface area contributed by atoms with Crippen LogP contribution in [-0.2, 0) is 16.8 Å². The average Bonchev–Trinajstić information content (AvgIpc) is 2.39. The van der Waals surface area contributed by atoms with Gasteiger partial charge in [-0.2, -0.15) is 8.42 Å². The van der Waals surface area contributed by atoms with Crippen molar-refractivity contribution in [3.8, 4) is 5.88 Å². The van der Waals surface area contributed by atoms with Crippen LogP contribution in [0.15, 0.2) is 47.4 Å². The van der Waals surface area contributed by atoms with Gasteiger partial charge in [-0.3, -0.25) is 0 Å². The molecule has 0 amide bonds. The molecule has 0 fully saturated rings. The Balaban J connectivity index is 2.28. The molecule has 0 unspecified atom stereocenters.